The van der Waals surface area contributed by atoms with Crippen LogP contribution in [-0.2, 0) is 10.0 Å². The van der Waals surface area contributed by atoms with Crippen molar-refractivity contribution in [3.63, 3.8) is 0 Å². The molecule has 4 nitrogen and oxygen atoms in total. The van der Waals surface area contributed by atoms with E-state index in [4.69, 9.17) is 0 Å². The number of aromatic amines is 1. The molecule has 3 rings (SSSR count). The summed E-state index contributed by atoms with van der Waals surface area (Å²) >= 11 is 0. The highest BCUT2D eigenvalue weighted by atomic mass is 32.2. The predicted molar refractivity (Wildman–Crippen MR) is 94.2 cm³/mol. The topological polar surface area (TPSA) is 62.0 Å². The molecule has 0 saturated heterocycles. The van der Waals surface area contributed by atoms with E-state index in [9.17, 15) is 8.42 Å². The molecule has 2 N–H and O–H groups in total. The van der Waals surface area contributed by atoms with E-state index in [1.54, 1.807) is 0 Å². The summed E-state index contributed by atoms with van der Waals surface area (Å²) in [4.78, 5) is 3.27. The molecule has 1 aromatic heterocycles. The zero-order valence-corrected chi connectivity index (χ0v) is 14.0. The maximum Gasteiger partial charge on any atom is 0.208 e. The second-order valence-electron chi connectivity index (χ2n) is 5.87. The van der Waals surface area contributed by atoms with Crippen LogP contribution in [0.25, 0.3) is 10.9 Å². The molecule has 0 amide bonds. The van der Waals surface area contributed by atoms with Crippen molar-refractivity contribution in [2.24, 2.45) is 0 Å². The van der Waals surface area contributed by atoms with Crippen LogP contribution < -0.4 is 4.72 Å². The fourth-order valence-electron chi connectivity index (χ4n) is 2.82. The van der Waals surface area contributed by atoms with Crippen molar-refractivity contribution < 1.29 is 8.42 Å². The van der Waals surface area contributed by atoms with Gasteiger partial charge in [0.05, 0.1) is 6.26 Å². The molecule has 1 unspecified atom stereocenters. The minimum atomic E-state index is -3.24. The summed E-state index contributed by atoms with van der Waals surface area (Å²) in [7, 11) is -3.24. The summed E-state index contributed by atoms with van der Waals surface area (Å²) < 4.78 is 25.7. The number of fused-ring (bicyclic) bond motifs is 1. The lowest BCUT2D eigenvalue weighted by Gasteiger charge is -2.18. The summed E-state index contributed by atoms with van der Waals surface area (Å²) in [5.74, 6) is -0.0403. The smallest absolute Gasteiger partial charge is 0.208 e. The SMILES string of the molecule is Cc1ccc(C(CNS(C)(=O)=O)c2c[nH]c3ccccc23)cc1. The van der Waals surface area contributed by atoms with E-state index in [1.165, 1.54) is 11.8 Å². The summed E-state index contributed by atoms with van der Waals surface area (Å²) in [6.45, 7) is 2.38. The van der Waals surface area contributed by atoms with Crippen molar-refractivity contribution in [2.75, 3.05) is 12.8 Å². The molecule has 0 spiro atoms. The largest absolute Gasteiger partial charge is 0.361 e. The number of sulfonamides is 1. The van der Waals surface area contributed by atoms with Gasteiger partial charge in [-0.05, 0) is 24.1 Å². The first-order valence-corrected chi connectivity index (χ1v) is 9.40. The van der Waals surface area contributed by atoms with E-state index in [0.29, 0.717) is 6.54 Å². The standard InChI is InChI=1S/C18H20N2O2S/c1-13-7-9-14(10-8-13)16(12-20-23(2,21)22)17-11-19-18-6-4-3-5-15(17)18/h3-11,16,19-20H,12H2,1-2H3. The van der Waals surface area contributed by atoms with Gasteiger partial charge in [-0.1, -0.05) is 48.0 Å². The van der Waals surface area contributed by atoms with E-state index in [1.807, 2.05) is 31.3 Å². The van der Waals surface area contributed by atoms with Crippen LogP contribution in [-0.4, -0.2) is 26.2 Å². The molecule has 5 heteroatoms. The Balaban J connectivity index is 2.05. The maximum atomic E-state index is 11.5. The Labute approximate surface area is 136 Å². The first kappa shape index (κ1) is 15.8. The van der Waals surface area contributed by atoms with Crippen molar-refractivity contribution in [1.29, 1.82) is 0 Å². The van der Waals surface area contributed by atoms with Crippen molar-refractivity contribution in [3.8, 4) is 0 Å². The first-order valence-electron chi connectivity index (χ1n) is 7.51. The predicted octanol–water partition coefficient (Wildman–Crippen LogP) is 3.16. The van der Waals surface area contributed by atoms with Gasteiger partial charge in [0.2, 0.25) is 10.0 Å². The molecular formula is C18H20N2O2S. The van der Waals surface area contributed by atoms with Gasteiger partial charge in [-0.3, -0.25) is 0 Å². The maximum absolute atomic E-state index is 11.5. The lowest BCUT2D eigenvalue weighted by molar-refractivity contribution is 0.584. The van der Waals surface area contributed by atoms with Crippen LogP contribution >= 0.6 is 0 Å². The highest BCUT2D eigenvalue weighted by Crippen LogP contribution is 2.30. The Hall–Kier alpha value is -2.11. The van der Waals surface area contributed by atoms with Gasteiger partial charge in [0.1, 0.15) is 0 Å². The van der Waals surface area contributed by atoms with Gasteiger partial charge in [0.15, 0.2) is 0 Å². The fourth-order valence-corrected chi connectivity index (χ4v) is 3.29. The Morgan fingerprint density at radius 1 is 1.09 bits per heavy atom. The van der Waals surface area contributed by atoms with Gasteiger partial charge in [-0.2, -0.15) is 0 Å². The van der Waals surface area contributed by atoms with Gasteiger partial charge >= 0.3 is 0 Å². The number of nitrogens with one attached hydrogen (secondary N) is 2. The number of benzene rings is 2. The normalized spacial score (nSPS) is 13.3. The Morgan fingerprint density at radius 3 is 2.48 bits per heavy atom. The molecule has 2 aromatic carbocycles. The van der Waals surface area contributed by atoms with Gasteiger partial charge in [-0.15, -0.1) is 0 Å². The van der Waals surface area contributed by atoms with Crippen molar-refractivity contribution >= 4 is 20.9 Å². The Bertz CT molecular complexity index is 912. The number of hydrogen-bond acceptors (Lipinski definition) is 2. The molecule has 0 bridgehead atoms. The molecule has 0 aliphatic heterocycles. The van der Waals surface area contributed by atoms with Crippen LogP contribution in [0.1, 0.15) is 22.6 Å². The average molecular weight is 328 g/mol. The van der Waals surface area contributed by atoms with Crippen molar-refractivity contribution in [2.45, 2.75) is 12.8 Å². The number of aromatic nitrogens is 1. The highest BCUT2D eigenvalue weighted by Gasteiger charge is 2.19. The van der Waals surface area contributed by atoms with E-state index in [0.717, 1.165) is 22.0 Å². The van der Waals surface area contributed by atoms with Gasteiger partial charge in [0.25, 0.3) is 0 Å². The summed E-state index contributed by atoms with van der Waals surface area (Å²) in [5, 5.41) is 1.12. The van der Waals surface area contributed by atoms with Crippen LogP contribution in [0.15, 0.2) is 54.7 Å². The molecule has 0 saturated carbocycles. The second-order valence-corrected chi connectivity index (χ2v) is 7.71. The molecule has 0 fully saturated rings. The number of para-hydroxylation sites is 1. The molecule has 23 heavy (non-hydrogen) atoms. The highest BCUT2D eigenvalue weighted by molar-refractivity contribution is 7.88. The van der Waals surface area contributed by atoms with E-state index < -0.39 is 10.0 Å². The van der Waals surface area contributed by atoms with Crippen LogP contribution in [0.3, 0.4) is 0 Å². The second kappa shape index (κ2) is 6.18. The average Bonchev–Trinajstić information content (AvgIpc) is 2.92. The molecular weight excluding hydrogens is 308 g/mol. The van der Waals surface area contributed by atoms with Crippen LogP contribution in [0, 0.1) is 6.92 Å². The molecule has 0 aliphatic rings. The lowest BCUT2D eigenvalue weighted by atomic mass is 9.90. The number of H-pyrrole nitrogens is 1. The van der Waals surface area contributed by atoms with E-state index in [-0.39, 0.29) is 5.92 Å². The van der Waals surface area contributed by atoms with Crippen LogP contribution in [0.2, 0.25) is 0 Å². The lowest BCUT2D eigenvalue weighted by Crippen LogP contribution is -2.27. The Kier molecular flexibility index (Phi) is 4.24. The monoisotopic (exact) mass is 328 g/mol. The van der Waals surface area contributed by atoms with Gasteiger partial charge in [-0.25, -0.2) is 13.1 Å². The molecule has 0 aliphatic carbocycles. The zero-order chi connectivity index (χ0) is 16.4. The quantitative estimate of drug-likeness (QED) is 0.756. The third-order valence-electron chi connectivity index (χ3n) is 4.03. The van der Waals surface area contributed by atoms with Gasteiger partial charge < -0.3 is 4.98 Å². The third kappa shape index (κ3) is 3.63. The minimum Gasteiger partial charge on any atom is -0.361 e. The van der Waals surface area contributed by atoms with E-state index in [2.05, 4.69) is 40.0 Å². The van der Waals surface area contributed by atoms with Crippen LogP contribution in [0.4, 0.5) is 0 Å². The van der Waals surface area contributed by atoms with Crippen molar-refractivity contribution in [1.82, 2.24) is 9.71 Å². The summed E-state index contributed by atoms with van der Waals surface area (Å²) in [5.41, 5.74) is 4.43. The van der Waals surface area contributed by atoms with E-state index >= 15 is 0 Å². The minimum absolute atomic E-state index is 0.0403. The third-order valence-corrected chi connectivity index (χ3v) is 4.72. The molecule has 1 atom stereocenters. The molecule has 0 radical (unpaired) electrons. The zero-order valence-electron chi connectivity index (χ0n) is 13.2. The summed E-state index contributed by atoms with van der Waals surface area (Å²) in [6.07, 6.45) is 3.16. The summed E-state index contributed by atoms with van der Waals surface area (Å²) in [6, 6.07) is 16.3. The first-order chi connectivity index (χ1) is 10.9. The molecule has 1 heterocycles. The Morgan fingerprint density at radius 2 is 1.78 bits per heavy atom. The van der Waals surface area contributed by atoms with Crippen molar-refractivity contribution in [3.05, 3.63) is 71.4 Å². The number of rotatable bonds is 5. The number of hydrogen-bond donors (Lipinski definition) is 2. The van der Waals surface area contributed by atoms with Crippen LogP contribution in [0.5, 0.6) is 0 Å². The molecule has 3 aromatic rings. The molecule has 120 valence electrons. The number of aryl methyl sites for hydroxylation is 1. The van der Waals surface area contributed by atoms with Gasteiger partial charge in [0, 0.05) is 29.6 Å². The fraction of sp³-hybridized carbons (Fsp3) is 0.222.